The molecule has 1 saturated carbocycles. The zero-order valence-corrected chi connectivity index (χ0v) is 19.1. The first kappa shape index (κ1) is 22.8. The van der Waals surface area contributed by atoms with Crippen molar-refractivity contribution in [1.82, 2.24) is 15.3 Å². The lowest BCUT2D eigenvalue weighted by Crippen LogP contribution is -2.52. The highest BCUT2D eigenvalue weighted by Crippen LogP contribution is 2.40. The maximum Gasteiger partial charge on any atom is 0.426 e. The first-order valence-corrected chi connectivity index (χ1v) is 11.1. The SMILES string of the molecule is Cc1sc(N(C(=O)Oc2ccccc2)c2cc(F)nc(F)c2)nc1C(=O)NC1CCC1(C)C. The number of nitrogens with one attached hydrogen (secondary N) is 1. The molecule has 10 heteroatoms. The van der Waals surface area contributed by atoms with E-state index in [2.05, 4.69) is 29.1 Å². The van der Waals surface area contributed by atoms with Gasteiger partial charge in [0.1, 0.15) is 11.4 Å². The molecule has 33 heavy (non-hydrogen) atoms. The molecule has 1 aromatic carbocycles. The Kier molecular flexibility index (Phi) is 6.11. The monoisotopic (exact) mass is 472 g/mol. The lowest BCUT2D eigenvalue weighted by Gasteiger charge is -2.44. The molecule has 2 heterocycles. The van der Waals surface area contributed by atoms with Gasteiger partial charge in [0.05, 0.1) is 5.69 Å². The Morgan fingerprint density at radius 1 is 1.15 bits per heavy atom. The number of carbonyl (C=O) groups excluding carboxylic acids is 2. The molecule has 0 spiro atoms. The van der Waals surface area contributed by atoms with Crippen LogP contribution in [0.25, 0.3) is 0 Å². The molecule has 0 bridgehead atoms. The van der Waals surface area contributed by atoms with E-state index >= 15 is 0 Å². The predicted molar refractivity (Wildman–Crippen MR) is 120 cm³/mol. The van der Waals surface area contributed by atoms with Gasteiger partial charge in [-0.25, -0.2) is 14.7 Å². The van der Waals surface area contributed by atoms with Crippen LogP contribution in [-0.4, -0.2) is 28.0 Å². The van der Waals surface area contributed by atoms with Crippen molar-refractivity contribution in [3.63, 3.8) is 0 Å². The number of thiazole rings is 1. The molecular weight excluding hydrogens is 450 g/mol. The molecule has 2 aromatic heterocycles. The standard InChI is InChI=1S/C23H22F2N4O3S/c1-13-19(20(30)26-16-9-10-23(16,2)3)28-21(33-13)29(14-11-17(24)27-18(25)12-14)22(31)32-15-7-5-4-6-8-15/h4-8,11-12,16H,9-10H2,1-3H3,(H,26,30). The van der Waals surface area contributed by atoms with Crippen LogP contribution in [0.5, 0.6) is 5.75 Å². The minimum absolute atomic E-state index is 0.0000331. The van der Waals surface area contributed by atoms with Crippen LogP contribution in [0.1, 0.15) is 42.1 Å². The zero-order chi connectivity index (χ0) is 23.8. The number of aryl methyl sites for hydroxylation is 1. The van der Waals surface area contributed by atoms with Crippen molar-refractivity contribution >= 4 is 34.2 Å². The van der Waals surface area contributed by atoms with Gasteiger partial charge < -0.3 is 10.1 Å². The Hall–Kier alpha value is -3.40. The number of para-hydroxylation sites is 1. The number of pyridine rings is 1. The van der Waals surface area contributed by atoms with Gasteiger partial charge in [-0.15, -0.1) is 11.3 Å². The van der Waals surface area contributed by atoms with E-state index in [1.165, 1.54) is 0 Å². The van der Waals surface area contributed by atoms with Crippen molar-refractivity contribution < 1.29 is 23.1 Å². The second kappa shape index (κ2) is 8.86. The number of carbonyl (C=O) groups is 2. The minimum atomic E-state index is -1.11. The van der Waals surface area contributed by atoms with E-state index in [1.54, 1.807) is 37.3 Å². The van der Waals surface area contributed by atoms with Crippen LogP contribution < -0.4 is 15.0 Å². The summed E-state index contributed by atoms with van der Waals surface area (Å²) in [5.41, 5.74) is -0.0213. The zero-order valence-electron chi connectivity index (χ0n) is 18.3. The molecule has 0 saturated heterocycles. The number of halogens is 2. The van der Waals surface area contributed by atoms with E-state index in [-0.39, 0.29) is 39.6 Å². The molecule has 3 aromatic rings. The summed E-state index contributed by atoms with van der Waals surface area (Å²) in [6.45, 7) is 5.85. The number of nitrogens with zero attached hydrogens (tertiary/aromatic N) is 3. The molecule has 1 aliphatic rings. The molecule has 7 nitrogen and oxygen atoms in total. The maximum atomic E-state index is 13.9. The van der Waals surface area contributed by atoms with E-state index in [4.69, 9.17) is 4.74 Å². The summed E-state index contributed by atoms with van der Waals surface area (Å²) >= 11 is 1.04. The Morgan fingerprint density at radius 3 is 2.39 bits per heavy atom. The summed E-state index contributed by atoms with van der Waals surface area (Å²) in [6.07, 6.45) is 0.948. The van der Waals surface area contributed by atoms with Gasteiger partial charge in [-0.2, -0.15) is 13.8 Å². The Labute approximate surface area is 193 Å². The normalized spacial score (nSPS) is 16.6. The molecule has 1 N–H and O–H groups in total. The van der Waals surface area contributed by atoms with Crippen molar-refractivity contribution in [3.8, 4) is 5.75 Å². The highest BCUT2D eigenvalue weighted by molar-refractivity contribution is 7.16. The first-order valence-electron chi connectivity index (χ1n) is 10.3. The quantitative estimate of drug-likeness (QED) is 0.504. The summed E-state index contributed by atoms with van der Waals surface area (Å²) < 4.78 is 33.1. The Morgan fingerprint density at radius 2 is 1.82 bits per heavy atom. The fourth-order valence-electron chi connectivity index (χ4n) is 3.56. The number of benzene rings is 1. The van der Waals surface area contributed by atoms with E-state index in [0.29, 0.717) is 4.88 Å². The summed E-state index contributed by atoms with van der Waals surface area (Å²) in [4.78, 5) is 34.8. The summed E-state index contributed by atoms with van der Waals surface area (Å²) in [5.74, 6) is -2.35. The molecule has 0 aliphatic heterocycles. The van der Waals surface area contributed by atoms with Gasteiger partial charge in [-0.05, 0) is 37.3 Å². The Bertz CT molecular complexity index is 1180. The number of ether oxygens (including phenoxy) is 1. The number of anilines is 2. The lowest BCUT2D eigenvalue weighted by molar-refractivity contribution is 0.0728. The molecule has 172 valence electrons. The third-order valence-corrected chi connectivity index (χ3v) is 6.61. The number of hydrogen-bond donors (Lipinski definition) is 1. The van der Waals surface area contributed by atoms with Crippen molar-refractivity contribution in [2.24, 2.45) is 5.41 Å². The van der Waals surface area contributed by atoms with Crippen LogP contribution in [0.3, 0.4) is 0 Å². The lowest BCUT2D eigenvalue weighted by atomic mass is 9.67. The third kappa shape index (κ3) is 4.85. The fourth-order valence-corrected chi connectivity index (χ4v) is 4.48. The average Bonchev–Trinajstić information content (AvgIpc) is 3.12. The topological polar surface area (TPSA) is 84.4 Å². The summed E-state index contributed by atoms with van der Waals surface area (Å²) in [7, 11) is 0. The molecule has 2 amide bonds. The molecule has 1 atom stereocenters. The van der Waals surface area contributed by atoms with Crippen LogP contribution in [-0.2, 0) is 0 Å². The average molecular weight is 473 g/mol. The van der Waals surface area contributed by atoms with Gasteiger partial charge in [-0.1, -0.05) is 32.0 Å². The molecule has 1 aliphatic carbocycles. The molecule has 4 rings (SSSR count). The van der Waals surface area contributed by atoms with Gasteiger partial charge in [0, 0.05) is 23.1 Å². The van der Waals surface area contributed by atoms with Crippen LogP contribution in [0, 0.1) is 24.2 Å². The molecular formula is C23H22F2N4O3S. The van der Waals surface area contributed by atoms with Gasteiger partial charge in [0.2, 0.25) is 17.0 Å². The van der Waals surface area contributed by atoms with Gasteiger partial charge in [0.25, 0.3) is 5.91 Å². The largest absolute Gasteiger partial charge is 0.426 e. The number of aromatic nitrogens is 2. The minimum Gasteiger partial charge on any atom is -0.410 e. The number of rotatable bonds is 5. The second-order valence-corrected chi connectivity index (χ2v) is 9.62. The van der Waals surface area contributed by atoms with Crippen molar-refractivity contribution in [2.75, 3.05) is 4.90 Å². The van der Waals surface area contributed by atoms with E-state index in [9.17, 15) is 18.4 Å². The Balaban J connectivity index is 1.67. The van der Waals surface area contributed by atoms with E-state index in [0.717, 1.165) is 41.2 Å². The van der Waals surface area contributed by atoms with Gasteiger partial charge >= 0.3 is 6.09 Å². The van der Waals surface area contributed by atoms with Gasteiger partial charge in [-0.3, -0.25) is 4.79 Å². The van der Waals surface area contributed by atoms with Crippen LogP contribution in [0.15, 0.2) is 42.5 Å². The number of amides is 2. The summed E-state index contributed by atoms with van der Waals surface area (Å²) in [5, 5.41) is 3.02. The van der Waals surface area contributed by atoms with Gasteiger partial charge in [0.15, 0.2) is 0 Å². The number of hydrogen-bond acceptors (Lipinski definition) is 6. The summed E-state index contributed by atoms with van der Waals surface area (Å²) in [6, 6.07) is 10.0. The smallest absolute Gasteiger partial charge is 0.410 e. The first-order chi connectivity index (χ1) is 15.6. The maximum absolute atomic E-state index is 13.9. The van der Waals surface area contributed by atoms with Crippen molar-refractivity contribution in [3.05, 3.63) is 64.9 Å². The highest BCUT2D eigenvalue weighted by Gasteiger charge is 2.40. The molecule has 1 fully saturated rings. The van der Waals surface area contributed by atoms with Crippen molar-refractivity contribution in [2.45, 2.75) is 39.7 Å². The van der Waals surface area contributed by atoms with Crippen LogP contribution >= 0.6 is 11.3 Å². The predicted octanol–water partition coefficient (Wildman–Crippen LogP) is 5.38. The van der Waals surface area contributed by atoms with E-state index < -0.39 is 18.0 Å². The van der Waals surface area contributed by atoms with Crippen molar-refractivity contribution in [1.29, 1.82) is 0 Å². The fraction of sp³-hybridized carbons (Fsp3) is 0.304. The highest BCUT2D eigenvalue weighted by atomic mass is 32.1. The third-order valence-electron chi connectivity index (χ3n) is 5.65. The van der Waals surface area contributed by atoms with E-state index in [1.807, 2.05) is 0 Å². The second-order valence-electron chi connectivity index (χ2n) is 8.44. The molecule has 1 unspecified atom stereocenters. The van der Waals surface area contributed by atoms with Crippen LogP contribution in [0.4, 0.5) is 24.4 Å². The van der Waals surface area contributed by atoms with Crippen LogP contribution in [0.2, 0.25) is 0 Å². The molecule has 0 radical (unpaired) electrons.